The van der Waals surface area contributed by atoms with Crippen LogP contribution in [-0.2, 0) is 4.74 Å². The second-order valence-electron chi connectivity index (χ2n) is 8.58. The molecule has 2 aromatic carbocycles. The summed E-state index contributed by atoms with van der Waals surface area (Å²) in [6.07, 6.45) is 2.03. The van der Waals surface area contributed by atoms with E-state index in [-0.39, 0.29) is 34.9 Å². The molecule has 1 saturated heterocycles. The van der Waals surface area contributed by atoms with Gasteiger partial charge in [-0.1, -0.05) is 19.1 Å². The van der Waals surface area contributed by atoms with Crippen LogP contribution in [0.5, 0.6) is 5.75 Å². The third-order valence-electron chi connectivity index (χ3n) is 6.47. The van der Waals surface area contributed by atoms with E-state index in [0.29, 0.717) is 18.5 Å². The number of aromatic hydroxyl groups is 1. The van der Waals surface area contributed by atoms with Crippen LogP contribution in [0.3, 0.4) is 0 Å². The fraction of sp³-hybridized carbons (Fsp3) is 0.346. The molecule has 7 heteroatoms. The van der Waals surface area contributed by atoms with E-state index in [9.17, 15) is 19.4 Å². The summed E-state index contributed by atoms with van der Waals surface area (Å²) in [5.74, 6) is -0.823. The van der Waals surface area contributed by atoms with Gasteiger partial charge in [-0.3, -0.25) is 4.79 Å². The Bertz CT molecular complexity index is 1060. The lowest BCUT2D eigenvalue weighted by Gasteiger charge is -2.24. The number of hydrogen-bond acceptors (Lipinski definition) is 5. The van der Waals surface area contributed by atoms with Gasteiger partial charge in [0.1, 0.15) is 23.4 Å². The second-order valence-corrected chi connectivity index (χ2v) is 8.58. The van der Waals surface area contributed by atoms with E-state index in [0.717, 1.165) is 24.2 Å². The van der Waals surface area contributed by atoms with Crippen molar-refractivity contribution in [1.29, 1.82) is 0 Å². The predicted octanol–water partition coefficient (Wildman–Crippen LogP) is 4.59. The van der Waals surface area contributed by atoms with Gasteiger partial charge in [-0.15, -0.1) is 0 Å². The fourth-order valence-corrected chi connectivity index (χ4v) is 4.49. The van der Waals surface area contributed by atoms with Crippen LogP contribution in [0.1, 0.15) is 41.6 Å². The van der Waals surface area contributed by atoms with E-state index in [1.807, 2.05) is 19.1 Å². The average Bonchev–Trinajstić information content (AvgIpc) is 3.28. The number of methoxy groups -OCH3 is 1. The van der Waals surface area contributed by atoms with E-state index in [1.165, 1.54) is 7.11 Å². The van der Waals surface area contributed by atoms with Gasteiger partial charge in [0.15, 0.2) is 0 Å². The molecule has 1 fully saturated rings. The Morgan fingerprint density at radius 3 is 2.52 bits per heavy atom. The fourth-order valence-electron chi connectivity index (χ4n) is 4.49. The van der Waals surface area contributed by atoms with Crippen LogP contribution in [0.4, 0.5) is 10.1 Å². The summed E-state index contributed by atoms with van der Waals surface area (Å²) >= 11 is 0. The van der Waals surface area contributed by atoms with Crippen molar-refractivity contribution < 1.29 is 24.1 Å². The molecule has 0 bridgehead atoms. The molecule has 174 valence electrons. The smallest absolute Gasteiger partial charge is 0.251 e. The Kier molecular flexibility index (Phi) is 6.70. The van der Waals surface area contributed by atoms with Crippen molar-refractivity contribution >= 4 is 11.6 Å². The van der Waals surface area contributed by atoms with Crippen molar-refractivity contribution in [2.75, 3.05) is 25.1 Å². The van der Waals surface area contributed by atoms with Crippen molar-refractivity contribution in [2.24, 2.45) is 0 Å². The maximum absolute atomic E-state index is 14.8. The third-order valence-corrected chi connectivity index (χ3v) is 6.47. The van der Waals surface area contributed by atoms with Gasteiger partial charge < -0.3 is 25.2 Å². The number of amides is 1. The Morgan fingerprint density at radius 2 is 1.85 bits per heavy atom. The first-order chi connectivity index (χ1) is 15.9. The summed E-state index contributed by atoms with van der Waals surface area (Å²) in [4.78, 5) is 14.9. The Balaban J connectivity index is 1.39. The van der Waals surface area contributed by atoms with Crippen molar-refractivity contribution in [3.8, 4) is 5.75 Å². The van der Waals surface area contributed by atoms with E-state index >= 15 is 0 Å². The van der Waals surface area contributed by atoms with Gasteiger partial charge in [-0.05, 0) is 54.5 Å². The van der Waals surface area contributed by atoms with Gasteiger partial charge in [0.25, 0.3) is 5.91 Å². The normalized spacial score (nSPS) is 21.7. The molecule has 1 aliphatic heterocycles. The molecule has 0 radical (unpaired) electrons. The molecule has 1 heterocycles. The number of phenolic OH excluding ortho intramolecular Hbond substituents is 1. The number of halogens is 1. The lowest BCUT2D eigenvalue weighted by molar-refractivity contribution is 0.0940. The number of benzene rings is 2. The molecule has 3 atom stereocenters. The number of aliphatic hydroxyl groups excluding tert-OH is 1. The van der Waals surface area contributed by atoms with Crippen molar-refractivity contribution in [1.82, 2.24) is 5.32 Å². The van der Waals surface area contributed by atoms with Crippen LogP contribution >= 0.6 is 0 Å². The summed E-state index contributed by atoms with van der Waals surface area (Å²) < 4.78 is 19.9. The molecule has 1 amide bonds. The molecule has 2 aliphatic rings. The highest BCUT2D eigenvalue weighted by molar-refractivity contribution is 5.94. The lowest BCUT2D eigenvalue weighted by atomic mass is 9.86. The molecule has 33 heavy (non-hydrogen) atoms. The van der Waals surface area contributed by atoms with E-state index in [1.54, 1.807) is 42.5 Å². The number of allylic oxidation sites excluding steroid dienone is 1. The quantitative estimate of drug-likeness (QED) is 0.597. The molecule has 3 N–H and O–H groups in total. The Morgan fingerprint density at radius 1 is 1.15 bits per heavy atom. The van der Waals surface area contributed by atoms with E-state index in [2.05, 4.69) is 10.2 Å². The van der Waals surface area contributed by atoms with Gasteiger partial charge in [0, 0.05) is 55.4 Å². The first-order valence-corrected chi connectivity index (χ1v) is 11.1. The Hall–Kier alpha value is -3.32. The standard InChI is InChI=1S/C26H29FN2O4/c1-16(24-22(31)11-12-23(33-2)25(24)27)17-3-5-18(6-4-17)26(32)28-19-13-14-29(15-19)20-7-9-21(30)10-8-20/h3-11,16,19,23,30-31H,12-15H2,1-2H3,(H,28,32). The minimum Gasteiger partial charge on any atom is -0.508 e. The summed E-state index contributed by atoms with van der Waals surface area (Å²) in [6.45, 7) is 3.35. The zero-order valence-electron chi connectivity index (χ0n) is 18.8. The molecular formula is C26H29FN2O4. The van der Waals surface area contributed by atoms with Gasteiger partial charge in [-0.25, -0.2) is 4.39 Å². The first-order valence-electron chi connectivity index (χ1n) is 11.1. The first kappa shape index (κ1) is 22.9. The SMILES string of the molecule is COC1CC=C(O)C(C(C)c2ccc(C(=O)NC3CCN(c4ccc(O)cc4)C3)cc2)=C1F. The average molecular weight is 453 g/mol. The van der Waals surface area contributed by atoms with Crippen LogP contribution in [0.25, 0.3) is 0 Å². The highest BCUT2D eigenvalue weighted by Crippen LogP contribution is 2.37. The van der Waals surface area contributed by atoms with E-state index < -0.39 is 11.9 Å². The molecule has 3 unspecified atom stereocenters. The van der Waals surface area contributed by atoms with Gasteiger partial charge in [-0.2, -0.15) is 0 Å². The van der Waals surface area contributed by atoms with Crippen LogP contribution in [0.2, 0.25) is 0 Å². The number of rotatable bonds is 6. The number of hydrogen-bond donors (Lipinski definition) is 3. The second kappa shape index (κ2) is 9.67. The number of nitrogens with one attached hydrogen (secondary N) is 1. The summed E-state index contributed by atoms with van der Waals surface area (Å²) in [7, 11) is 1.45. The number of anilines is 1. The summed E-state index contributed by atoms with van der Waals surface area (Å²) in [5.41, 5.74) is 2.57. The summed E-state index contributed by atoms with van der Waals surface area (Å²) in [6, 6.07) is 14.1. The zero-order chi connectivity index (χ0) is 23.5. The van der Waals surface area contributed by atoms with Gasteiger partial charge in [0.2, 0.25) is 0 Å². The monoisotopic (exact) mass is 452 g/mol. The minimum atomic E-state index is -0.684. The highest BCUT2D eigenvalue weighted by atomic mass is 19.1. The molecule has 0 spiro atoms. The molecule has 1 aliphatic carbocycles. The van der Waals surface area contributed by atoms with Gasteiger partial charge >= 0.3 is 0 Å². The molecular weight excluding hydrogens is 423 g/mol. The third kappa shape index (κ3) is 4.88. The molecule has 6 nitrogen and oxygen atoms in total. The number of ether oxygens (including phenoxy) is 1. The van der Waals surface area contributed by atoms with Crippen molar-refractivity contribution in [3.63, 3.8) is 0 Å². The molecule has 0 saturated carbocycles. The van der Waals surface area contributed by atoms with E-state index in [4.69, 9.17) is 4.74 Å². The number of aliphatic hydroxyl groups is 1. The Labute approximate surface area is 193 Å². The summed E-state index contributed by atoms with van der Waals surface area (Å²) in [5, 5.41) is 22.8. The van der Waals surface area contributed by atoms with Gasteiger partial charge in [0.05, 0.1) is 0 Å². The van der Waals surface area contributed by atoms with Crippen molar-refractivity contribution in [3.05, 3.63) is 82.9 Å². The maximum Gasteiger partial charge on any atom is 0.251 e. The van der Waals surface area contributed by atoms with Crippen molar-refractivity contribution in [2.45, 2.75) is 37.8 Å². The minimum absolute atomic E-state index is 0.0273. The molecule has 0 aromatic heterocycles. The number of carbonyl (C=O) groups is 1. The number of carbonyl (C=O) groups excluding carboxylic acids is 1. The number of nitrogens with zero attached hydrogens (tertiary/aromatic N) is 1. The molecule has 4 rings (SSSR count). The maximum atomic E-state index is 14.8. The predicted molar refractivity (Wildman–Crippen MR) is 125 cm³/mol. The van der Waals surface area contributed by atoms with Crippen LogP contribution in [0.15, 0.2) is 71.8 Å². The molecule has 2 aromatic rings. The van der Waals surface area contributed by atoms with Crippen LogP contribution < -0.4 is 10.2 Å². The highest BCUT2D eigenvalue weighted by Gasteiger charge is 2.29. The van der Waals surface area contributed by atoms with Crippen LogP contribution in [0, 0.1) is 0 Å². The lowest BCUT2D eigenvalue weighted by Crippen LogP contribution is -2.37. The number of phenols is 1. The zero-order valence-corrected chi connectivity index (χ0v) is 18.8. The van der Waals surface area contributed by atoms with Crippen LogP contribution in [-0.4, -0.2) is 48.5 Å². The topological polar surface area (TPSA) is 82.0 Å². The largest absolute Gasteiger partial charge is 0.508 e.